The Morgan fingerprint density at radius 3 is 2.65 bits per heavy atom. The molecule has 0 unspecified atom stereocenters. The van der Waals surface area contributed by atoms with Crippen LogP contribution in [0.1, 0.15) is 17.5 Å². The number of aryl methyl sites for hydroxylation is 1. The quantitative estimate of drug-likeness (QED) is 0.647. The predicted molar refractivity (Wildman–Crippen MR) is 76.9 cm³/mol. The lowest BCUT2D eigenvalue weighted by atomic mass is 9.92. The molecule has 0 fully saturated rings. The van der Waals surface area contributed by atoms with Crippen LogP contribution in [0.4, 0.5) is 0 Å². The van der Waals surface area contributed by atoms with E-state index in [0.717, 1.165) is 24.0 Å². The van der Waals surface area contributed by atoms with Gasteiger partial charge in [-0.1, -0.05) is 42.2 Å². The molecule has 100 valence electrons. The molecule has 0 atom stereocenters. The highest BCUT2D eigenvalue weighted by molar-refractivity contribution is 7.86. The van der Waals surface area contributed by atoms with Gasteiger partial charge in [-0.3, -0.25) is 4.55 Å². The second kappa shape index (κ2) is 4.78. The molecule has 2 aromatic rings. The maximum Gasteiger partial charge on any atom is 0.295 e. The van der Waals surface area contributed by atoms with Crippen molar-refractivity contribution in [1.82, 2.24) is 0 Å². The predicted octanol–water partition coefficient (Wildman–Crippen LogP) is 2.90. The molecule has 0 aliphatic heterocycles. The van der Waals surface area contributed by atoms with E-state index in [1.807, 2.05) is 24.3 Å². The van der Waals surface area contributed by atoms with Crippen molar-refractivity contribution in [2.24, 2.45) is 0 Å². The number of hydrogen-bond acceptors (Lipinski definition) is 2. The van der Waals surface area contributed by atoms with E-state index in [1.165, 1.54) is 6.07 Å². The van der Waals surface area contributed by atoms with Crippen LogP contribution in [0.15, 0.2) is 47.4 Å². The maximum atomic E-state index is 11.6. The monoisotopic (exact) mass is 284 g/mol. The van der Waals surface area contributed by atoms with E-state index >= 15 is 0 Å². The zero-order valence-electron chi connectivity index (χ0n) is 10.6. The van der Waals surface area contributed by atoms with E-state index < -0.39 is 10.1 Å². The minimum absolute atomic E-state index is 0.0846. The number of fused-ring (bicyclic) bond motifs is 3. The fourth-order valence-electron chi connectivity index (χ4n) is 2.47. The average molecular weight is 284 g/mol. The minimum atomic E-state index is -4.28. The van der Waals surface area contributed by atoms with Crippen molar-refractivity contribution >= 4 is 10.1 Å². The van der Waals surface area contributed by atoms with Gasteiger partial charge >= 0.3 is 0 Å². The summed E-state index contributed by atoms with van der Waals surface area (Å²) in [7, 11) is -4.28. The second-order valence-corrected chi connectivity index (χ2v) is 6.00. The lowest BCUT2D eigenvalue weighted by Gasteiger charge is -2.15. The van der Waals surface area contributed by atoms with Gasteiger partial charge in [0.25, 0.3) is 10.1 Å². The first-order chi connectivity index (χ1) is 9.57. The Labute approximate surface area is 118 Å². The molecule has 0 radical (unpaired) electrons. The van der Waals surface area contributed by atoms with Crippen LogP contribution in [-0.4, -0.2) is 13.0 Å². The maximum absolute atomic E-state index is 11.6. The fraction of sp³-hybridized carbons (Fsp3) is 0.125. The number of rotatable bonds is 1. The van der Waals surface area contributed by atoms with Crippen molar-refractivity contribution < 1.29 is 13.0 Å². The third-order valence-corrected chi connectivity index (χ3v) is 4.23. The third kappa shape index (κ3) is 2.22. The van der Waals surface area contributed by atoms with Crippen LogP contribution in [0.5, 0.6) is 0 Å². The standard InChI is InChI=1S/C16H12O3S/c17-20(18,19)15-11-5-9-13-8-2-1-6-12-7-3-4-10-14(12)16(13)15/h3-5,7,9-11H,1,6H2,(H,17,18,19). The molecule has 0 amide bonds. The summed E-state index contributed by atoms with van der Waals surface area (Å²) in [5.74, 6) is 6.03. The highest BCUT2D eigenvalue weighted by Crippen LogP contribution is 2.34. The number of hydrogen-bond donors (Lipinski definition) is 1. The van der Waals surface area contributed by atoms with E-state index in [1.54, 1.807) is 12.1 Å². The largest absolute Gasteiger partial charge is 0.295 e. The van der Waals surface area contributed by atoms with Crippen molar-refractivity contribution in [3.63, 3.8) is 0 Å². The Balaban J connectivity index is 2.44. The summed E-state index contributed by atoms with van der Waals surface area (Å²) in [6.45, 7) is 0. The summed E-state index contributed by atoms with van der Waals surface area (Å²) >= 11 is 0. The van der Waals surface area contributed by atoms with Crippen LogP contribution < -0.4 is 0 Å². The highest BCUT2D eigenvalue weighted by Gasteiger charge is 2.21. The Hall–Kier alpha value is -2.09. The van der Waals surface area contributed by atoms with E-state index in [0.29, 0.717) is 11.1 Å². The highest BCUT2D eigenvalue weighted by atomic mass is 32.2. The van der Waals surface area contributed by atoms with Crippen LogP contribution in [0.25, 0.3) is 11.1 Å². The van der Waals surface area contributed by atoms with E-state index in [4.69, 9.17) is 0 Å². The Morgan fingerprint density at radius 2 is 1.85 bits per heavy atom. The molecule has 1 aliphatic carbocycles. The van der Waals surface area contributed by atoms with Gasteiger partial charge in [0.2, 0.25) is 0 Å². The van der Waals surface area contributed by atoms with Crippen molar-refractivity contribution in [2.45, 2.75) is 17.7 Å². The summed E-state index contributed by atoms with van der Waals surface area (Å²) in [4.78, 5) is -0.0846. The van der Waals surface area contributed by atoms with Gasteiger partial charge in [-0.2, -0.15) is 8.42 Å². The van der Waals surface area contributed by atoms with Crippen LogP contribution in [0.3, 0.4) is 0 Å². The zero-order chi connectivity index (χ0) is 14.2. The summed E-state index contributed by atoms with van der Waals surface area (Å²) < 4.78 is 32.7. The van der Waals surface area contributed by atoms with E-state index in [-0.39, 0.29) is 4.90 Å². The molecule has 2 aromatic carbocycles. The van der Waals surface area contributed by atoms with Crippen LogP contribution >= 0.6 is 0 Å². The second-order valence-electron chi connectivity index (χ2n) is 4.61. The molecule has 0 spiro atoms. The minimum Gasteiger partial charge on any atom is -0.282 e. The van der Waals surface area contributed by atoms with Gasteiger partial charge in [-0.05, 0) is 29.7 Å². The molecule has 1 N–H and O–H groups in total. The molecule has 1 aliphatic rings. The van der Waals surface area contributed by atoms with Gasteiger partial charge in [-0.15, -0.1) is 0 Å². The normalized spacial score (nSPS) is 13.2. The first-order valence-electron chi connectivity index (χ1n) is 6.25. The average Bonchev–Trinajstić information content (AvgIpc) is 2.40. The van der Waals surface area contributed by atoms with E-state index in [2.05, 4.69) is 11.8 Å². The van der Waals surface area contributed by atoms with Gasteiger partial charge in [-0.25, -0.2) is 0 Å². The summed E-state index contributed by atoms with van der Waals surface area (Å²) in [6.07, 6.45) is 1.50. The Morgan fingerprint density at radius 1 is 1.05 bits per heavy atom. The Bertz CT molecular complexity index is 840. The molecule has 0 aromatic heterocycles. The van der Waals surface area contributed by atoms with Gasteiger partial charge in [0.1, 0.15) is 4.90 Å². The van der Waals surface area contributed by atoms with Crippen molar-refractivity contribution in [3.05, 3.63) is 53.6 Å². The molecule has 3 nitrogen and oxygen atoms in total. The SMILES string of the molecule is O=S(=O)(O)c1cccc2c1-c1ccccc1CCC#C2. The zero-order valence-corrected chi connectivity index (χ0v) is 11.4. The van der Waals surface area contributed by atoms with Crippen LogP contribution in [0.2, 0.25) is 0 Å². The molecule has 0 bridgehead atoms. The van der Waals surface area contributed by atoms with Gasteiger partial charge in [0.05, 0.1) is 0 Å². The first kappa shape index (κ1) is 12.9. The first-order valence-corrected chi connectivity index (χ1v) is 7.69. The summed E-state index contributed by atoms with van der Waals surface area (Å²) in [6, 6.07) is 12.4. The van der Waals surface area contributed by atoms with Gasteiger partial charge in [0.15, 0.2) is 0 Å². The molecule has 4 heteroatoms. The molecular formula is C16H12O3S. The summed E-state index contributed by atoms with van der Waals surface area (Å²) in [5, 5.41) is 0. The molecular weight excluding hydrogens is 272 g/mol. The van der Waals surface area contributed by atoms with Crippen LogP contribution in [-0.2, 0) is 16.5 Å². The molecule has 20 heavy (non-hydrogen) atoms. The topological polar surface area (TPSA) is 54.4 Å². The van der Waals surface area contributed by atoms with Crippen LogP contribution in [0, 0.1) is 11.8 Å². The smallest absolute Gasteiger partial charge is 0.282 e. The van der Waals surface area contributed by atoms with Crippen molar-refractivity contribution in [1.29, 1.82) is 0 Å². The fourth-order valence-corrected chi connectivity index (χ4v) is 3.19. The molecule has 0 heterocycles. The van der Waals surface area contributed by atoms with Crippen molar-refractivity contribution in [2.75, 3.05) is 0 Å². The van der Waals surface area contributed by atoms with E-state index in [9.17, 15) is 13.0 Å². The third-order valence-electron chi connectivity index (χ3n) is 3.33. The van der Waals surface area contributed by atoms with Gasteiger partial charge < -0.3 is 0 Å². The molecule has 0 saturated heterocycles. The number of benzene rings is 2. The summed E-state index contributed by atoms with van der Waals surface area (Å²) in [5.41, 5.74) is 2.99. The van der Waals surface area contributed by atoms with Gasteiger partial charge in [0, 0.05) is 17.5 Å². The van der Waals surface area contributed by atoms with Crippen molar-refractivity contribution in [3.8, 4) is 23.0 Å². The Kier molecular flexibility index (Phi) is 3.09. The molecule has 3 rings (SSSR count). The molecule has 0 saturated carbocycles. The lowest BCUT2D eigenvalue weighted by molar-refractivity contribution is 0.483. The lowest BCUT2D eigenvalue weighted by Crippen LogP contribution is -2.04.